The van der Waals surface area contributed by atoms with Crippen molar-refractivity contribution < 1.29 is 14.3 Å². The predicted molar refractivity (Wildman–Crippen MR) is 139 cm³/mol. The van der Waals surface area contributed by atoms with Crippen molar-refractivity contribution in [1.29, 1.82) is 0 Å². The maximum Gasteiger partial charge on any atom is 0.340 e. The van der Waals surface area contributed by atoms with Crippen LogP contribution in [0.15, 0.2) is 69.4 Å². The fraction of sp³-hybridized carbons (Fsp3) is 0.308. The average molecular weight is 510 g/mol. The lowest BCUT2D eigenvalue weighted by molar-refractivity contribution is -0.113. The van der Waals surface area contributed by atoms with Crippen molar-refractivity contribution in [3.05, 3.63) is 81.8 Å². The highest BCUT2D eigenvalue weighted by Gasteiger charge is 2.26. The van der Waals surface area contributed by atoms with Crippen molar-refractivity contribution in [2.45, 2.75) is 48.5 Å². The van der Waals surface area contributed by atoms with Gasteiger partial charge in [-0.1, -0.05) is 61.2 Å². The molecule has 0 spiro atoms. The average Bonchev–Trinajstić information content (AvgIpc) is 3.24. The van der Waals surface area contributed by atoms with Crippen LogP contribution in [0.5, 0.6) is 0 Å². The van der Waals surface area contributed by atoms with Gasteiger partial charge in [0.1, 0.15) is 0 Å². The van der Waals surface area contributed by atoms with Crippen LogP contribution in [0.1, 0.15) is 35.5 Å². The molecule has 0 aliphatic carbocycles. The molecule has 2 aromatic carbocycles. The van der Waals surface area contributed by atoms with E-state index in [1.54, 1.807) is 47.5 Å². The zero-order chi connectivity index (χ0) is 24.8. The van der Waals surface area contributed by atoms with Gasteiger partial charge in [0.25, 0.3) is 5.56 Å². The summed E-state index contributed by atoms with van der Waals surface area (Å²) in [6.45, 7) is 4.55. The Morgan fingerprint density at radius 2 is 1.91 bits per heavy atom. The molecule has 1 unspecified atom stereocenters. The van der Waals surface area contributed by atoms with Gasteiger partial charge in [0, 0.05) is 18.2 Å². The monoisotopic (exact) mass is 509 g/mol. The number of anilines is 1. The minimum Gasteiger partial charge on any atom is -0.462 e. The fourth-order valence-electron chi connectivity index (χ4n) is 3.82. The summed E-state index contributed by atoms with van der Waals surface area (Å²) in [6, 6.07) is 16.7. The van der Waals surface area contributed by atoms with Crippen LogP contribution in [0.3, 0.4) is 0 Å². The molecule has 35 heavy (non-hydrogen) atoms. The van der Waals surface area contributed by atoms with Crippen molar-refractivity contribution in [2.75, 3.05) is 17.7 Å². The molecule has 1 N–H and O–H groups in total. The lowest BCUT2D eigenvalue weighted by Crippen LogP contribution is -2.27. The van der Waals surface area contributed by atoms with Crippen molar-refractivity contribution in [3.8, 4) is 0 Å². The van der Waals surface area contributed by atoms with E-state index in [1.165, 1.54) is 11.8 Å². The molecule has 1 aromatic heterocycles. The SMILES string of the molecule is CCOC(=O)c1ccccc1NC(=O)CSc1nc2c(c(=O)n1CCc1ccccc1)SC(C)C2. The molecule has 1 aliphatic heterocycles. The van der Waals surface area contributed by atoms with E-state index in [4.69, 9.17) is 9.72 Å². The Kier molecular flexibility index (Phi) is 8.30. The van der Waals surface area contributed by atoms with Gasteiger partial charge in [0.05, 0.1) is 34.2 Å². The first-order chi connectivity index (χ1) is 17.0. The second-order valence-electron chi connectivity index (χ2n) is 8.10. The highest BCUT2D eigenvalue weighted by atomic mass is 32.2. The van der Waals surface area contributed by atoms with E-state index in [-0.39, 0.29) is 23.8 Å². The molecule has 1 amide bonds. The number of ether oxygens (including phenoxy) is 1. The Hall–Kier alpha value is -3.04. The summed E-state index contributed by atoms with van der Waals surface area (Å²) >= 11 is 2.80. The summed E-state index contributed by atoms with van der Waals surface area (Å²) in [7, 11) is 0. The van der Waals surface area contributed by atoms with E-state index in [2.05, 4.69) is 12.2 Å². The zero-order valence-corrected chi connectivity index (χ0v) is 21.3. The van der Waals surface area contributed by atoms with Crippen LogP contribution < -0.4 is 10.9 Å². The predicted octanol–water partition coefficient (Wildman–Crippen LogP) is 4.43. The number of benzene rings is 2. The van der Waals surface area contributed by atoms with Gasteiger partial charge < -0.3 is 10.1 Å². The van der Waals surface area contributed by atoms with E-state index in [0.29, 0.717) is 39.5 Å². The Balaban J connectivity index is 1.51. The minimum atomic E-state index is -0.488. The first-order valence-electron chi connectivity index (χ1n) is 11.5. The summed E-state index contributed by atoms with van der Waals surface area (Å²) < 4.78 is 6.76. The Morgan fingerprint density at radius 1 is 1.17 bits per heavy atom. The van der Waals surface area contributed by atoms with Crippen LogP contribution >= 0.6 is 23.5 Å². The number of fused-ring (bicyclic) bond motifs is 1. The van der Waals surface area contributed by atoms with Crippen molar-refractivity contribution in [2.24, 2.45) is 0 Å². The minimum absolute atomic E-state index is 0.0455. The molecule has 182 valence electrons. The second-order valence-corrected chi connectivity index (χ2v) is 10.5. The number of aromatic nitrogens is 2. The number of para-hydroxylation sites is 1. The number of hydrogen-bond donors (Lipinski definition) is 1. The van der Waals surface area contributed by atoms with Crippen molar-refractivity contribution >= 4 is 41.1 Å². The van der Waals surface area contributed by atoms with Crippen molar-refractivity contribution in [1.82, 2.24) is 9.55 Å². The Bertz CT molecular complexity index is 1280. The van der Waals surface area contributed by atoms with E-state index in [9.17, 15) is 14.4 Å². The number of aryl methyl sites for hydroxylation is 1. The lowest BCUT2D eigenvalue weighted by Gasteiger charge is -2.14. The summed E-state index contributed by atoms with van der Waals surface area (Å²) in [5.74, 6) is -0.729. The van der Waals surface area contributed by atoms with E-state index in [0.717, 1.165) is 17.7 Å². The van der Waals surface area contributed by atoms with Crippen LogP contribution in [-0.4, -0.2) is 39.0 Å². The first-order valence-corrected chi connectivity index (χ1v) is 13.4. The maximum absolute atomic E-state index is 13.3. The number of thioether (sulfide) groups is 2. The highest BCUT2D eigenvalue weighted by molar-refractivity contribution is 8.00. The standard InChI is InChI=1S/C26H27N3O4S2/c1-3-33-25(32)19-11-7-8-12-20(19)27-22(30)16-34-26-28-21-15-17(2)35-23(21)24(31)29(26)14-13-18-9-5-4-6-10-18/h4-12,17H,3,13-16H2,1-2H3,(H,27,30). The number of amides is 1. The highest BCUT2D eigenvalue weighted by Crippen LogP contribution is 2.34. The number of nitrogens with one attached hydrogen (secondary N) is 1. The van der Waals surface area contributed by atoms with Gasteiger partial charge in [-0.25, -0.2) is 9.78 Å². The van der Waals surface area contributed by atoms with Crippen LogP contribution in [0.25, 0.3) is 0 Å². The van der Waals surface area contributed by atoms with Crippen LogP contribution in [0, 0.1) is 0 Å². The van der Waals surface area contributed by atoms with Gasteiger partial charge in [-0.05, 0) is 31.0 Å². The van der Waals surface area contributed by atoms with Crippen LogP contribution in [0.2, 0.25) is 0 Å². The number of esters is 1. The molecular formula is C26H27N3O4S2. The molecule has 0 fully saturated rings. The van der Waals surface area contributed by atoms with E-state index < -0.39 is 5.97 Å². The zero-order valence-electron chi connectivity index (χ0n) is 19.7. The third-order valence-corrected chi connectivity index (χ3v) is 7.65. The number of nitrogens with zero attached hydrogens (tertiary/aromatic N) is 2. The van der Waals surface area contributed by atoms with Gasteiger partial charge in [0.2, 0.25) is 5.91 Å². The molecule has 0 saturated carbocycles. The van der Waals surface area contributed by atoms with Crippen LogP contribution in [-0.2, 0) is 28.9 Å². The second kappa shape index (κ2) is 11.6. The molecule has 0 saturated heterocycles. The summed E-state index contributed by atoms with van der Waals surface area (Å²) in [5.41, 5.74) is 2.58. The number of carbonyl (C=O) groups is 2. The molecular weight excluding hydrogens is 482 g/mol. The Labute approximate surface area is 212 Å². The number of carbonyl (C=O) groups excluding carboxylic acids is 2. The number of hydrogen-bond acceptors (Lipinski definition) is 7. The topological polar surface area (TPSA) is 90.3 Å². The fourth-order valence-corrected chi connectivity index (χ4v) is 5.78. The third-order valence-electron chi connectivity index (χ3n) is 5.46. The quantitative estimate of drug-likeness (QED) is 0.259. The molecule has 1 aliphatic rings. The maximum atomic E-state index is 13.3. The smallest absolute Gasteiger partial charge is 0.340 e. The van der Waals surface area contributed by atoms with Crippen molar-refractivity contribution in [3.63, 3.8) is 0 Å². The molecule has 0 bridgehead atoms. The van der Waals surface area contributed by atoms with E-state index >= 15 is 0 Å². The molecule has 9 heteroatoms. The summed E-state index contributed by atoms with van der Waals surface area (Å²) in [5, 5.41) is 3.63. The van der Waals surface area contributed by atoms with Crippen LogP contribution in [0.4, 0.5) is 5.69 Å². The van der Waals surface area contributed by atoms with Gasteiger partial charge >= 0.3 is 5.97 Å². The Morgan fingerprint density at radius 3 is 2.69 bits per heavy atom. The van der Waals surface area contributed by atoms with Gasteiger partial charge in [0.15, 0.2) is 5.16 Å². The van der Waals surface area contributed by atoms with Gasteiger partial charge in [-0.2, -0.15) is 0 Å². The van der Waals surface area contributed by atoms with E-state index in [1.807, 2.05) is 30.3 Å². The summed E-state index contributed by atoms with van der Waals surface area (Å²) in [4.78, 5) is 43.8. The third kappa shape index (κ3) is 6.15. The van der Waals surface area contributed by atoms with Gasteiger partial charge in [-0.3, -0.25) is 14.2 Å². The molecule has 4 rings (SSSR count). The van der Waals surface area contributed by atoms with Gasteiger partial charge in [-0.15, -0.1) is 11.8 Å². The molecule has 1 atom stereocenters. The number of rotatable bonds is 9. The molecule has 3 aromatic rings. The normalized spacial score (nSPS) is 14.4. The summed E-state index contributed by atoms with van der Waals surface area (Å²) in [6.07, 6.45) is 1.43. The first kappa shape index (κ1) is 25.1. The largest absolute Gasteiger partial charge is 0.462 e. The molecule has 0 radical (unpaired) electrons. The molecule has 2 heterocycles. The lowest BCUT2D eigenvalue weighted by atomic mass is 10.1. The molecule has 7 nitrogen and oxygen atoms in total.